The van der Waals surface area contributed by atoms with Crippen LogP contribution in [-0.4, -0.2) is 10.1 Å². The van der Waals surface area contributed by atoms with Crippen molar-refractivity contribution in [2.45, 2.75) is 25.3 Å². The van der Waals surface area contributed by atoms with Crippen molar-refractivity contribution in [1.82, 2.24) is 10.1 Å². The molecule has 0 unspecified atom stereocenters. The van der Waals surface area contributed by atoms with Crippen LogP contribution >= 0.6 is 12.4 Å². The predicted molar refractivity (Wildman–Crippen MR) is 66.8 cm³/mol. The van der Waals surface area contributed by atoms with Gasteiger partial charge in [0.15, 0.2) is 0 Å². The van der Waals surface area contributed by atoms with E-state index in [0.29, 0.717) is 11.7 Å². The fourth-order valence-electron chi connectivity index (χ4n) is 1.59. The Morgan fingerprint density at radius 3 is 2.47 bits per heavy atom. The molecule has 1 aliphatic rings. The van der Waals surface area contributed by atoms with Crippen LogP contribution in [0.3, 0.4) is 0 Å². The number of nitrogens with two attached hydrogens (primary N) is 1. The summed E-state index contributed by atoms with van der Waals surface area (Å²) in [5.41, 5.74) is 7.81. The molecule has 17 heavy (non-hydrogen) atoms. The number of aromatic nitrogens is 2. The average Bonchev–Trinajstić information content (AvgIpc) is 2.84. The highest BCUT2D eigenvalue weighted by molar-refractivity contribution is 5.85. The molecule has 0 atom stereocenters. The predicted octanol–water partition coefficient (Wildman–Crippen LogP) is 2.41. The zero-order chi connectivity index (χ0) is 11.2. The summed E-state index contributed by atoms with van der Waals surface area (Å²) in [5.74, 6) is 1.18. The number of benzene rings is 1. The molecule has 2 aromatic rings. The first-order valence-corrected chi connectivity index (χ1v) is 5.37. The monoisotopic (exact) mass is 251 g/mol. The number of rotatable bonds is 2. The molecule has 1 aromatic carbocycles. The Labute approximate surface area is 106 Å². The van der Waals surface area contributed by atoms with Crippen molar-refractivity contribution in [2.24, 2.45) is 5.73 Å². The summed E-state index contributed by atoms with van der Waals surface area (Å²) in [6.07, 6.45) is 1.87. The highest BCUT2D eigenvalue weighted by Gasteiger charge is 2.45. The van der Waals surface area contributed by atoms with Gasteiger partial charge in [0.05, 0.1) is 5.54 Å². The van der Waals surface area contributed by atoms with Crippen LogP contribution in [0.25, 0.3) is 11.4 Å². The van der Waals surface area contributed by atoms with E-state index in [-0.39, 0.29) is 17.9 Å². The number of nitrogens with zero attached hydrogens (tertiary/aromatic N) is 2. The van der Waals surface area contributed by atoms with E-state index in [9.17, 15) is 0 Å². The Morgan fingerprint density at radius 2 is 1.88 bits per heavy atom. The molecule has 0 amide bonds. The second-order valence-corrected chi connectivity index (χ2v) is 4.45. The van der Waals surface area contributed by atoms with Crippen LogP contribution < -0.4 is 5.73 Å². The number of aryl methyl sites for hydroxylation is 1. The van der Waals surface area contributed by atoms with Crippen molar-refractivity contribution in [3.63, 3.8) is 0 Å². The zero-order valence-electron chi connectivity index (χ0n) is 9.51. The van der Waals surface area contributed by atoms with E-state index in [1.54, 1.807) is 0 Å². The Kier molecular flexibility index (Phi) is 2.93. The third kappa shape index (κ3) is 2.18. The Balaban J connectivity index is 0.00000108. The fraction of sp³-hybridized carbons (Fsp3) is 0.333. The molecule has 0 radical (unpaired) electrons. The smallest absolute Gasteiger partial charge is 0.247 e. The summed E-state index contributed by atoms with van der Waals surface area (Å²) in [6, 6.07) is 8.03. The van der Waals surface area contributed by atoms with Crippen LogP contribution in [0.15, 0.2) is 28.8 Å². The van der Waals surface area contributed by atoms with Gasteiger partial charge in [-0.2, -0.15) is 4.98 Å². The molecule has 1 fully saturated rings. The van der Waals surface area contributed by atoms with Gasteiger partial charge in [-0.05, 0) is 19.8 Å². The normalized spacial score (nSPS) is 16.4. The summed E-state index contributed by atoms with van der Waals surface area (Å²) >= 11 is 0. The number of hydrogen-bond donors (Lipinski definition) is 1. The van der Waals surface area contributed by atoms with Crippen LogP contribution in [0.2, 0.25) is 0 Å². The van der Waals surface area contributed by atoms with Gasteiger partial charge in [0.2, 0.25) is 11.7 Å². The van der Waals surface area contributed by atoms with Gasteiger partial charge in [-0.15, -0.1) is 12.4 Å². The standard InChI is InChI=1S/C12H13N3O.ClH/c1-8-2-4-9(5-3-8)10-14-11(16-15-10)12(13)6-7-12;/h2-5H,6-7,13H2,1H3;1H. The van der Waals surface area contributed by atoms with Crippen LogP contribution in [0.1, 0.15) is 24.3 Å². The van der Waals surface area contributed by atoms with Crippen molar-refractivity contribution in [3.8, 4) is 11.4 Å². The first-order valence-electron chi connectivity index (χ1n) is 5.37. The van der Waals surface area contributed by atoms with Crippen LogP contribution in [0.5, 0.6) is 0 Å². The summed E-state index contributed by atoms with van der Waals surface area (Å²) in [6.45, 7) is 2.05. The number of halogens is 1. The van der Waals surface area contributed by atoms with Crippen LogP contribution in [-0.2, 0) is 5.54 Å². The first-order chi connectivity index (χ1) is 7.67. The maximum absolute atomic E-state index is 5.99. The molecule has 1 aromatic heterocycles. The molecule has 0 bridgehead atoms. The van der Waals surface area contributed by atoms with Crippen LogP contribution in [0.4, 0.5) is 0 Å². The van der Waals surface area contributed by atoms with Gasteiger partial charge < -0.3 is 10.3 Å². The molecule has 5 heteroatoms. The van der Waals surface area contributed by atoms with Gasteiger partial charge in [-0.3, -0.25) is 0 Å². The third-order valence-electron chi connectivity index (χ3n) is 2.95. The maximum Gasteiger partial charge on any atom is 0.247 e. The van der Waals surface area contributed by atoms with Crippen molar-refractivity contribution < 1.29 is 4.52 Å². The maximum atomic E-state index is 5.99. The molecule has 1 aliphatic carbocycles. The van der Waals surface area contributed by atoms with Gasteiger partial charge >= 0.3 is 0 Å². The molecule has 1 heterocycles. The molecule has 90 valence electrons. The molecule has 2 N–H and O–H groups in total. The SMILES string of the molecule is Cc1ccc(-c2noc(C3(N)CC3)n2)cc1.Cl. The third-order valence-corrected chi connectivity index (χ3v) is 2.95. The highest BCUT2D eigenvalue weighted by Crippen LogP contribution is 2.42. The van der Waals surface area contributed by atoms with Crippen molar-refractivity contribution in [1.29, 1.82) is 0 Å². The molecule has 0 aliphatic heterocycles. The molecular formula is C12H14ClN3O. The van der Waals surface area contributed by atoms with E-state index in [0.717, 1.165) is 18.4 Å². The topological polar surface area (TPSA) is 64.9 Å². The van der Waals surface area contributed by atoms with E-state index in [1.807, 2.05) is 31.2 Å². The Morgan fingerprint density at radius 1 is 1.24 bits per heavy atom. The Hall–Kier alpha value is -1.39. The minimum absolute atomic E-state index is 0. The highest BCUT2D eigenvalue weighted by atomic mass is 35.5. The lowest BCUT2D eigenvalue weighted by Gasteiger charge is -1.98. The van der Waals surface area contributed by atoms with Crippen molar-refractivity contribution in [3.05, 3.63) is 35.7 Å². The molecule has 0 spiro atoms. The lowest BCUT2D eigenvalue weighted by atomic mass is 10.1. The zero-order valence-corrected chi connectivity index (χ0v) is 10.3. The molecule has 0 saturated heterocycles. The molecule has 4 nitrogen and oxygen atoms in total. The van der Waals surface area contributed by atoms with Crippen LogP contribution in [0, 0.1) is 6.92 Å². The molecule has 3 rings (SSSR count). The fourth-order valence-corrected chi connectivity index (χ4v) is 1.59. The van der Waals surface area contributed by atoms with Gasteiger partial charge in [0.1, 0.15) is 0 Å². The first kappa shape index (κ1) is 12.1. The van der Waals surface area contributed by atoms with Gasteiger partial charge in [-0.25, -0.2) is 0 Å². The Bertz CT molecular complexity index is 517. The van der Waals surface area contributed by atoms with Crippen molar-refractivity contribution in [2.75, 3.05) is 0 Å². The number of hydrogen-bond acceptors (Lipinski definition) is 4. The average molecular weight is 252 g/mol. The van der Waals surface area contributed by atoms with E-state index in [1.165, 1.54) is 5.56 Å². The van der Waals surface area contributed by atoms with E-state index < -0.39 is 0 Å². The summed E-state index contributed by atoms with van der Waals surface area (Å²) < 4.78 is 5.19. The van der Waals surface area contributed by atoms with E-state index in [4.69, 9.17) is 10.3 Å². The van der Waals surface area contributed by atoms with Gasteiger partial charge in [0, 0.05) is 5.56 Å². The summed E-state index contributed by atoms with van der Waals surface area (Å²) in [7, 11) is 0. The largest absolute Gasteiger partial charge is 0.337 e. The summed E-state index contributed by atoms with van der Waals surface area (Å²) in [4.78, 5) is 4.34. The van der Waals surface area contributed by atoms with Crippen molar-refractivity contribution >= 4 is 12.4 Å². The molecular weight excluding hydrogens is 238 g/mol. The lowest BCUT2D eigenvalue weighted by molar-refractivity contribution is 0.348. The second kappa shape index (κ2) is 4.13. The quantitative estimate of drug-likeness (QED) is 0.890. The van der Waals surface area contributed by atoms with E-state index >= 15 is 0 Å². The minimum Gasteiger partial charge on any atom is -0.337 e. The van der Waals surface area contributed by atoms with Gasteiger partial charge in [-0.1, -0.05) is 35.0 Å². The van der Waals surface area contributed by atoms with E-state index in [2.05, 4.69) is 10.1 Å². The van der Waals surface area contributed by atoms with Gasteiger partial charge in [0.25, 0.3) is 0 Å². The second-order valence-electron chi connectivity index (χ2n) is 4.45. The molecule has 1 saturated carbocycles. The minimum atomic E-state index is -0.351. The summed E-state index contributed by atoms with van der Waals surface area (Å²) in [5, 5.41) is 3.96. The lowest BCUT2D eigenvalue weighted by Crippen LogP contribution is -2.18.